The van der Waals surface area contributed by atoms with Gasteiger partial charge < -0.3 is 4.90 Å². The van der Waals surface area contributed by atoms with Gasteiger partial charge in [0.2, 0.25) is 0 Å². The molecule has 0 aliphatic rings. The zero-order valence-electron chi connectivity index (χ0n) is 10.5. The standard InChI is InChI=1S/C15H14BrClFN/c1-2-19(15-6-4-3-5-14(15)18)10-11-7-8-12(16)9-13(11)17/h3-9H,2,10H2,1H3. The number of hydrogen-bond acceptors (Lipinski definition) is 1. The van der Waals surface area contributed by atoms with Gasteiger partial charge in [0.05, 0.1) is 5.69 Å². The summed E-state index contributed by atoms with van der Waals surface area (Å²) in [5, 5.41) is 0.684. The molecule has 0 saturated heterocycles. The van der Waals surface area contributed by atoms with Crippen LogP contribution in [0.2, 0.25) is 5.02 Å². The van der Waals surface area contributed by atoms with Crippen LogP contribution in [0.1, 0.15) is 12.5 Å². The molecule has 2 aromatic rings. The lowest BCUT2D eigenvalue weighted by atomic mass is 10.2. The second-order valence-corrected chi connectivity index (χ2v) is 5.52. The molecule has 0 unspecified atom stereocenters. The van der Waals surface area contributed by atoms with Crippen molar-refractivity contribution >= 4 is 33.2 Å². The molecule has 0 bridgehead atoms. The molecule has 0 heterocycles. The Morgan fingerprint density at radius 1 is 1.21 bits per heavy atom. The van der Waals surface area contributed by atoms with Crippen LogP contribution < -0.4 is 4.90 Å². The second kappa shape index (κ2) is 6.40. The smallest absolute Gasteiger partial charge is 0.146 e. The molecule has 4 heteroatoms. The van der Waals surface area contributed by atoms with Gasteiger partial charge in [0.25, 0.3) is 0 Å². The maximum absolute atomic E-state index is 13.8. The van der Waals surface area contributed by atoms with E-state index in [4.69, 9.17) is 11.6 Å². The summed E-state index contributed by atoms with van der Waals surface area (Å²) in [6.07, 6.45) is 0. The highest BCUT2D eigenvalue weighted by Crippen LogP contribution is 2.26. The first-order valence-electron chi connectivity index (χ1n) is 6.05. The zero-order valence-corrected chi connectivity index (χ0v) is 12.9. The summed E-state index contributed by atoms with van der Waals surface area (Å²) in [7, 11) is 0. The van der Waals surface area contributed by atoms with Gasteiger partial charge in [-0.2, -0.15) is 0 Å². The van der Waals surface area contributed by atoms with Gasteiger partial charge in [0, 0.05) is 22.6 Å². The minimum Gasteiger partial charge on any atom is -0.365 e. The highest BCUT2D eigenvalue weighted by Gasteiger charge is 2.11. The van der Waals surface area contributed by atoms with Gasteiger partial charge in [-0.25, -0.2) is 4.39 Å². The predicted molar refractivity (Wildman–Crippen MR) is 82.3 cm³/mol. The quantitative estimate of drug-likeness (QED) is 0.732. The number of para-hydroxylation sites is 1. The van der Waals surface area contributed by atoms with E-state index in [0.29, 0.717) is 23.8 Å². The third-order valence-corrected chi connectivity index (χ3v) is 3.80. The molecule has 100 valence electrons. The van der Waals surface area contributed by atoms with Crippen molar-refractivity contribution in [2.24, 2.45) is 0 Å². The monoisotopic (exact) mass is 341 g/mol. The number of benzene rings is 2. The van der Waals surface area contributed by atoms with Crippen LogP contribution in [0.25, 0.3) is 0 Å². The lowest BCUT2D eigenvalue weighted by Gasteiger charge is -2.24. The van der Waals surface area contributed by atoms with Gasteiger partial charge in [0.1, 0.15) is 5.82 Å². The van der Waals surface area contributed by atoms with Gasteiger partial charge >= 0.3 is 0 Å². The molecular weight excluding hydrogens is 329 g/mol. The third kappa shape index (κ3) is 3.48. The lowest BCUT2D eigenvalue weighted by Crippen LogP contribution is -2.23. The largest absolute Gasteiger partial charge is 0.365 e. The first kappa shape index (κ1) is 14.4. The van der Waals surface area contributed by atoms with Crippen molar-refractivity contribution in [2.75, 3.05) is 11.4 Å². The molecule has 2 aromatic carbocycles. The summed E-state index contributed by atoms with van der Waals surface area (Å²) in [6, 6.07) is 12.5. The van der Waals surface area contributed by atoms with Crippen molar-refractivity contribution in [1.29, 1.82) is 0 Å². The molecule has 2 rings (SSSR count). The highest BCUT2D eigenvalue weighted by molar-refractivity contribution is 9.10. The fourth-order valence-electron chi connectivity index (χ4n) is 1.93. The van der Waals surface area contributed by atoms with Crippen LogP contribution in [-0.4, -0.2) is 6.54 Å². The molecule has 0 aromatic heterocycles. The van der Waals surface area contributed by atoms with Crippen LogP contribution in [0.4, 0.5) is 10.1 Å². The van der Waals surface area contributed by atoms with E-state index in [1.165, 1.54) is 6.07 Å². The second-order valence-electron chi connectivity index (χ2n) is 4.20. The van der Waals surface area contributed by atoms with E-state index in [1.807, 2.05) is 36.1 Å². The number of halogens is 3. The van der Waals surface area contributed by atoms with Crippen molar-refractivity contribution in [3.05, 3.63) is 63.3 Å². The Labute approximate surface area is 126 Å². The number of anilines is 1. The van der Waals surface area contributed by atoms with E-state index in [0.717, 1.165) is 10.0 Å². The van der Waals surface area contributed by atoms with Gasteiger partial charge in [-0.1, -0.05) is 45.7 Å². The fraction of sp³-hybridized carbons (Fsp3) is 0.200. The van der Waals surface area contributed by atoms with Crippen LogP contribution in [0.5, 0.6) is 0 Å². The van der Waals surface area contributed by atoms with Crippen molar-refractivity contribution in [3.8, 4) is 0 Å². The van der Waals surface area contributed by atoms with Crippen LogP contribution in [0, 0.1) is 5.82 Å². The first-order valence-corrected chi connectivity index (χ1v) is 7.22. The molecule has 0 aliphatic carbocycles. The van der Waals surface area contributed by atoms with E-state index in [9.17, 15) is 4.39 Å². The highest BCUT2D eigenvalue weighted by atomic mass is 79.9. The van der Waals surface area contributed by atoms with Crippen molar-refractivity contribution in [2.45, 2.75) is 13.5 Å². The average molecular weight is 343 g/mol. The van der Waals surface area contributed by atoms with Gasteiger partial charge in [-0.05, 0) is 36.8 Å². The van der Waals surface area contributed by atoms with E-state index in [1.54, 1.807) is 12.1 Å². The maximum Gasteiger partial charge on any atom is 0.146 e. The van der Waals surface area contributed by atoms with Crippen LogP contribution in [-0.2, 0) is 6.54 Å². The Balaban J connectivity index is 2.27. The topological polar surface area (TPSA) is 3.24 Å². The molecule has 0 spiro atoms. The summed E-state index contributed by atoms with van der Waals surface area (Å²) >= 11 is 9.59. The summed E-state index contributed by atoms with van der Waals surface area (Å²) in [6.45, 7) is 3.30. The minimum absolute atomic E-state index is 0.211. The molecule has 0 radical (unpaired) electrons. The lowest BCUT2D eigenvalue weighted by molar-refractivity contribution is 0.618. The predicted octanol–water partition coefficient (Wildman–Crippen LogP) is 5.27. The van der Waals surface area contributed by atoms with Crippen molar-refractivity contribution < 1.29 is 4.39 Å². The molecule has 0 saturated carbocycles. The van der Waals surface area contributed by atoms with E-state index < -0.39 is 0 Å². The Bertz CT molecular complexity index is 574. The molecule has 0 atom stereocenters. The molecule has 0 N–H and O–H groups in total. The van der Waals surface area contributed by atoms with E-state index in [-0.39, 0.29) is 5.82 Å². The van der Waals surface area contributed by atoms with Crippen LogP contribution in [0.15, 0.2) is 46.9 Å². The molecular formula is C15H14BrClFN. The Hall–Kier alpha value is -1.06. The van der Waals surface area contributed by atoms with E-state index in [2.05, 4.69) is 15.9 Å². The summed E-state index contributed by atoms with van der Waals surface area (Å²) in [5.74, 6) is -0.211. The SMILES string of the molecule is CCN(Cc1ccc(Br)cc1Cl)c1ccccc1F. The number of hydrogen-bond donors (Lipinski definition) is 0. The van der Waals surface area contributed by atoms with Crippen LogP contribution in [0.3, 0.4) is 0 Å². The van der Waals surface area contributed by atoms with Gasteiger partial charge in [-0.3, -0.25) is 0 Å². The molecule has 1 nitrogen and oxygen atoms in total. The molecule has 0 aliphatic heterocycles. The normalized spacial score (nSPS) is 10.5. The minimum atomic E-state index is -0.211. The first-order chi connectivity index (χ1) is 9.11. The molecule has 0 amide bonds. The average Bonchev–Trinajstić information content (AvgIpc) is 2.39. The molecule has 0 fully saturated rings. The van der Waals surface area contributed by atoms with E-state index >= 15 is 0 Å². The van der Waals surface area contributed by atoms with Crippen LogP contribution >= 0.6 is 27.5 Å². The summed E-state index contributed by atoms with van der Waals surface area (Å²) in [4.78, 5) is 1.96. The third-order valence-electron chi connectivity index (χ3n) is 2.95. The Morgan fingerprint density at radius 2 is 1.95 bits per heavy atom. The van der Waals surface area contributed by atoms with Gasteiger partial charge in [0.15, 0.2) is 0 Å². The Kier molecular flexibility index (Phi) is 4.83. The van der Waals surface area contributed by atoms with Crippen molar-refractivity contribution in [3.63, 3.8) is 0 Å². The Morgan fingerprint density at radius 3 is 2.58 bits per heavy atom. The van der Waals surface area contributed by atoms with Crippen molar-refractivity contribution in [1.82, 2.24) is 0 Å². The van der Waals surface area contributed by atoms with Gasteiger partial charge in [-0.15, -0.1) is 0 Å². The zero-order chi connectivity index (χ0) is 13.8. The number of rotatable bonds is 4. The fourth-order valence-corrected chi connectivity index (χ4v) is 2.66. The summed E-state index contributed by atoms with van der Waals surface area (Å²) in [5.41, 5.74) is 1.58. The maximum atomic E-state index is 13.8. The molecule has 19 heavy (non-hydrogen) atoms. The number of nitrogens with zero attached hydrogens (tertiary/aromatic N) is 1. The summed E-state index contributed by atoms with van der Waals surface area (Å²) < 4.78 is 14.8.